The Bertz CT molecular complexity index is 1230. The first-order valence-corrected chi connectivity index (χ1v) is 8.76. The summed E-state index contributed by atoms with van der Waals surface area (Å²) in [7, 11) is -4.29. The Morgan fingerprint density at radius 3 is 2.08 bits per heavy atom. The van der Waals surface area contributed by atoms with Crippen molar-refractivity contribution in [3.63, 3.8) is 0 Å². The molecule has 0 unspecified atom stereocenters. The van der Waals surface area contributed by atoms with Crippen molar-refractivity contribution in [1.29, 1.82) is 0 Å². The zero-order valence-electron chi connectivity index (χ0n) is 13.0. The minimum atomic E-state index is -4.29. The van der Waals surface area contributed by atoms with E-state index < -0.39 is 10.1 Å². The molecular weight excluding hydrogens is 344 g/mol. The molecule has 2 aromatic carbocycles. The summed E-state index contributed by atoms with van der Waals surface area (Å²) >= 11 is 0. The number of nitrogens with zero attached hydrogens (tertiary/aromatic N) is 2. The van der Waals surface area contributed by atoms with E-state index in [9.17, 15) is 8.42 Å². The van der Waals surface area contributed by atoms with E-state index in [0.29, 0.717) is 17.0 Å². The van der Waals surface area contributed by atoms with Gasteiger partial charge in [-0.3, -0.25) is 4.55 Å². The van der Waals surface area contributed by atoms with Gasteiger partial charge in [-0.2, -0.15) is 8.42 Å². The molecule has 0 atom stereocenters. The summed E-state index contributed by atoms with van der Waals surface area (Å²) in [6.07, 6.45) is 3.19. The molecule has 7 nitrogen and oxygen atoms in total. The van der Waals surface area contributed by atoms with Gasteiger partial charge >= 0.3 is 0 Å². The van der Waals surface area contributed by atoms with Crippen molar-refractivity contribution in [3.8, 4) is 0 Å². The minimum absolute atomic E-state index is 0.249. The highest BCUT2D eigenvalue weighted by atomic mass is 32.2. The summed E-state index contributed by atoms with van der Waals surface area (Å²) in [4.78, 5) is 8.30. The highest BCUT2D eigenvalue weighted by Gasteiger charge is 2.13. The Balaban J connectivity index is 1.68. The molecule has 8 heteroatoms. The van der Waals surface area contributed by atoms with E-state index in [2.05, 4.69) is 9.97 Å². The van der Waals surface area contributed by atoms with E-state index >= 15 is 0 Å². The predicted octanol–water partition coefficient (Wildman–Crippen LogP) is 3.69. The highest BCUT2D eigenvalue weighted by molar-refractivity contribution is 7.85. The smallest absolute Gasteiger partial charge is 0.294 e. The fourth-order valence-electron chi connectivity index (χ4n) is 2.42. The number of benzene rings is 2. The molecule has 0 spiro atoms. The van der Waals surface area contributed by atoms with Crippen LogP contribution in [0.4, 0.5) is 0 Å². The maximum absolute atomic E-state index is 11.2. The maximum Gasteiger partial charge on any atom is 0.294 e. The Morgan fingerprint density at radius 1 is 0.920 bits per heavy atom. The zero-order valence-corrected chi connectivity index (χ0v) is 13.8. The standard InChI is InChI=1S/C17H12N2O5S/c1-10-2-4-12-14(8-10)23-16(18-12)6-7-17-19-13-5-3-11(25(20,21)22)9-15(13)24-17/h2-9H,1H3,(H,20,21,22)/b7-6+. The van der Waals surface area contributed by atoms with E-state index in [1.165, 1.54) is 18.2 Å². The molecule has 0 fully saturated rings. The predicted molar refractivity (Wildman–Crippen MR) is 91.5 cm³/mol. The number of aryl methyl sites for hydroxylation is 1. The molecule has 0 aliphatic carbocycles. The summed E-state index contributed by atoms with van der Waals surface area (Å²) < 4.78 is 42.5. The van der Waals surface area contributed by atoms with Crippen molar-refractivity contribution < 1.29 is 21.8 Å². The van der Waals surface area contributed by atoms with Crippen LogP contribution in [0.2, 0.25) is 0 Å². The van der Waals surface area contributed by atoms with Crippen molar-refractivity contribution >= 4 is 44.5 Å². The van der Waals surface area contributed by atoms with E-state index in [1.54, 1.807) is 12.2 Å². The Hall–Kier alpha value is -2.97. The average molecular weight is 356 g/mol. The maximum atomic E-state index is 11.2. The van der Waals surface area contributed by atoms with E-state index in [1.807, 2.05) is 25.1 Å². The normalized spacial score (nSPS) is 12.6. The molecule has 0 saturated heterocycles. The number of oxazole rings is 2. The van der Waals surface area contributed by atoms with Crippen LogP contribution in [0.1, 0.15) is 17.3 Å². The molecular formula is C17H12N2O5S. The van der Waals surface area contributed by atoms with Gasteiger partial charge in [-0.1, -0.05) is 6.07 Å². The first-order chi connectivity index (χ1) is 11.9. The monoisotopic (exact) mass is 356 g/mol. The van der Waals surface area contributed by atoms with E-state index in [-0.39, 0.29) is 16.4 Å². The van der Waals surface area contributed by atoms with Crippen LogP contribution in [0, 0.1) is 6.92 Å². The van der Waals surface area contributed by atoms with Crippen LogP contribution in [0.5, 0.6) is 0 Å². The van der Waals surface area contributed by atoms with Gasteiger partial charge in [-0.25, -0.2) is 9.97 Å². The largest absolute Gasteiger partial charge is 0.437 e. The lowest BCUT2D eigenvalue weighted by atomic mass is 10.2. The van der Waals surface area contributed by atoms with Crippen molar-refractivity contribution in [2.75, 3.05) is 0 Å². The second kappa shape index (κ2) is 5.54. The highest BCUT2D eigenvalue weighted by Crippen LogP contribution is 2.22. The summed E-state index contributed by atoms with van der Waals surface area (Å²) in [5, 5.41) is 0. The summed E-state index contributed by atoms with van der Waals surface area (Å²) in [5.41, 5.74) is 3.24. The third-order valence-corrected chi connectivity index (χ3v) is 4.45. The van der Waals surface area contributed by atoms with Gasteiger partial charge in [0.2, 0.25) is 11.8 Å². The first-order valence-electron chi connectivity index (χ1n) is 7.32. The van der Waals surface area contributed by atoms with Gasteiger partial charge in [0, 0.05) is 18.2 Å². The molecule has 0 amide bonds. The fourth-order valence-corrected chi connectivity index (χ4v) is 2.91. The van der Waals surface area contributed by atoms with Crippen LogP contribution in [0.15, 0.2) is 50.1 Å². The van der Waals surface area contributed by atoms with Crippen molar-refractivity contribution in [2.24, 2.45) is 0 Å². The van der Waals surface area contributed by atoms with Gasteiger partial charge in [0.05, 0.1) is 4.90 Å². The molecule has 4 aromatic rings. The number of fused-ring (bicyclic) bond motifs is 2. The molecule has 0 aliphatic heterocycles. The lowest BCUT2D eigenvalue weighted by Gasteiger charge is -1.94. The summed E-state index contributed by atoms with van der Waals surface area (Å²) in [5.74, 6) is 0.669. The second-order valence-electron chi connectivity index (χ2n) is 5.51. The minimum Gasteiger partial charge on any atom is -0.437 e. The van der Waals surface area contributed by atoms with Crippen molar-refractivity contribution in [1.82, 2.24) is 9.97 Å². The Morgan fingerprint density at radius 2 is 1.48 bits per heavy atom. The molecule has 1 N–H and O–H groups in total. The zero-order chi connectivity index (χ0) is 17.6. The molecule has 25 heavy (non-hydrogen) atoms. The van der Waals surface area contributed by atoms with Crippen molar-refractivity contribution in [2.45, 2.75) is 11.8 Å². The summed E-state index contributed by atoms with van der Waals surface area (Å²) in [6, 6.07) is 9.67. The second-order valence-corrected chi connectivity index (χ2v) is 6.93. The summed E-state index contributed by atoms with van der Waals surface area (Å²) in [6.45, 7) is 1.97. The van der Waals surface area contributed by atoms with E-state index in [0.717, 1.165) is 11.1 Å². The first kappa shape index (κ1) is 15.6. The number of aromatic nitrogens is 2. The molecule has 0 radical (unpaired) electrons. The lowest BCUT2D eigenvalue weighted by Crippen LogP contribution is -1.96. The third-order valence-electron chi connectivity index (χ3n) is 3.60. The van der Waals surface area contributed by atoms with Gasteiger partial charge in [0.15, 0.2) is 11.2 Å². The molecule has 2 aromatic heterocycles. The Labute approximate surface area is 142 Å². The molecule has 0 aliphatic rings. The van der Waals surface area contributed by atoms with Gasteiger partial charge in [0.1, 0.15) is 11.0 Å². The quantitative estimate of drug-likeness (QED) is 0.558. The molecule has 2 heterocycles. The SMILES string of the molecule is Cc1ccc2nc(/C=C/c3nc4ccc(S(=O)(=O)O)cc4o3)oc2c1. The van der Waals surface area contributed by atoms with Crippen LogP contribution in [-0.2, 0) is 10.1 Å². The lowest BCUT2D eigenvalue weighted by molar-refractivity contribution is 0.483. The molecule has 126 valence electrons. The molecule has 0 saturated carbocycles. The van der Waals surface area contributed by atoms with Crippen LogP contribution < -0.4 is 0 Å². The Kier molecular flexibility index (Phi) is 3.45. The number of hydrogen-bond donors (Lipinski definition) is 1. The van der Waals surface area contributed by atoms with Gasteiger partial charge in [0.25, 0.3) is 10.1 Å². The van der Waals surface area contributed by atoms with Crippen LogP contribution in [-0.4, -0.2) is 22.9 Å². The number of rotatable bonds is 3. The molecule has 4 rings (SSSR count). The molecule has 0 bridgehead atoms. The van der Waals surface area contributed by atoms with Crippen molar-refractivity contribution in [3.05, 3.63) is 53.7 Å². The van der Waals surface area contributed by atoms with Crippen LogP contribution in [0.25, 0.3) is 34.4 Å². The van der Waals surface area contributed by atoms with Crippen LogP contribution in [0.3, 0.4) is 0 Å². The number of hydrogen-bond acceptors (Lipinski definition) is 6. The average Bonchev–Trinajstić information content (AvgIpc) is 3.13. The van der Waals surface area contributed by atoms with Crippen LogP contribution >= 0.6 is 0 Å². The fraction of sp³-hybridized carbons (Fsp3) is 0.0588. The van der Waals surface area contributed by atoms with E-state index in [4.69, 9.17) is 13.4 Å². The van der Waals surface area contributed by atoms with Gasteiger partial charge in [-0.05, 0) is 36.8 Å². The van der Waals surface area contributed by atoms with Gasteiger partial charge in [-0.15, -0.1) is 0 Å². The third kappa shape index (κ3) is 3.04. The van der Waals surface area contributed by atoms with Gasteiger partial charge < -0.3 is 8.83 Å². The topological polar surface area (TPSA) is 106 Å².